The van der Waals surface area contributed by atoms with Gasteiger partial charge in [-0.3, -0.25) is 4.99 Å². The van der Waals surface area contributed by atoms with Crippen LogP contribution < -0.4 is 5.73 Å². The number of benzene rings is 1. The van der Waals surface area contributed by atoms with Crippen LogP contribution in [0.4, 0.5) is 0 Å². The van der Waals surface area contributed by atoms with E-state index in [1.54, 1.807) is 0 Å². The lowest BCUT2D eigenvalue weighted by molar-refractivity contribution is 0.295. The third kappa shape index (κ3) is 2.34. The van der Waals surface area contributed by atoms with E-state index in [1.165, 1.54) is 36.0 Å². The fraction of sp³-hybridized carbons (Fsp3) is 0.562. The number of nitrogens with zero attached hydrogens (tertiary/aromatic N) is 2. The lowest BCUT2D eigenvalue weighted by atomic mass is 9.91. The van der Waals surface area contributed by atoms with Gasteiger partial charge in [-0.25, -0.2) is 0 Å². The molecule has 102 valence electrons. The first-order chi connectivity index (χ1) is 9.11. The molecular formula is C16H23N3. The molecule has 2 aliphatic rings. The highest BCUT2D eigenvalue weighted by molar-refractivity contribution is 5.78. The molecule has 19 heavy (non-hydrogen) atoms. The molecule has 0 radical (unpaired) electrons. The number of aliphatic imine (C=N–C) groups is 1. The molecule has 1 saturated heterocycles. The molecule has 1 aliphatic heterocycles. The minimum atomic E-state index is 0.271. The first kappa shape index (κ1) is 12.5. The van der Waals surface area contributed by atoms with Gasteiger partial charge >= 0.3 is 0 Å². The average molecular weight is 257 g/mol. The summed E-state index contributed by atoms with van der Waals surface area (Å²) in [6, 6.07) is 6.77. The van der Waals surface area contributed by atoms with Crippen molar-refractivity contribution in [2.45, 2.75) is 38.5 Å². The van der Waals surface area contributed by atoms with E-state index in [0.717, 1.165) is 25.6 Å². The molecule has 3 rings (SSSR count). The van der Waals surface area contributed by atoms with Crippen molar-refractivity contribution >= 4 is 5.96 Å². The largest absolute Gasteiger partial charge is 0.370 e. The molecule has 0 unspecified atom stereocenters. The Labute approximate surface area is 115 Å². The molecule has 3 nitrogen and oxygen atoms in total. The second kappa shape index (κ2) is 4.55. The lowest BCUT2D eigenvalue weighted by Crippen LogP contribution is -2.46. The van der Waals surface area contributed by atoms with Crippen molar-refractivity contribution in [3.8, 4) is 0 Å². The number of hydrogen-bond acceptors (Lipinski definition) is 1. The first-order valence-electron chi connectivity index (χ1n) is 7.23. The average Bonchev–Trinajstić information content (AvgIpc) is 3.05. The fourth-order valence-corrected chi connectivity index (χ4v) is 2.95. The molecule has 1 aromatic rings. The highest BCUT2D eigenvalue weighted by Gasteiger charge is 2.45. The predicted octanol–water partition coefficient (Wildman–Crippen LogP) is 2.36. The zero-order chi connectivity index (χ0) is 13.5. The summed E-state index contributed by atoms with van der Waals surface area (Å²) in [5, 5.41) is 0. The van der Waals surface area contributed by atoms with Gasteiger partial charge in [0.2, 0.25) is 0 Å². The van der Waals surface area contributed by atoms with Crippen LogP contribution in [0.25, 0.3) is 0 Å². The van der Waals surface area contributed by atoms with Crippen LogP contribution >= 0.6 is 0 Å². The minimum Gasteiger partial charge on any atom is -0.370 e. The normalized spacial score (nSPS) is 21.2. The van der Waals surface area contributed by atoms with E-state index in [-0.39, 0.29) is 5.41 Å². The molecular weight excluding hydrogens is 234 g/mol. The molecule has 0 bridgehead atoms. The molecule has 0 atom stereocenters. The van der Waals surface area contributed by atoms with Crippen molar-refractivity contribution in [3.63, 3.8) is 0 Å². The van der Waals surface area contributed by atoms with Crippen molar-refractivity contribution < 1.29 is 0 Å². The number of rotatable bonds is 3. The quantitative estimate of drug-likeness (QED) is 0.667. The zero-order valence-electron chi connectivity index (χ0n) is 11.9. The van der Waals surface area contributed by atoms with Gasteiger partial charge in [-0.2, -0.15) is 0 Å². The van der Waals surface area contributed by atoms with Crippen LogP contribution in [0.2, 0.25) is 0 Å². The molecule has 1 aromatic carbocycles. The summed E-state index contributed by atoms with van der Waals surface area (Å²) in [5.74, 6) is 0.738. The third-order valence-electron chi connectivity index (χ3n) is 4.53. The molecule has 1 aliphatic carbocycles. The van der Waals surface area contributed by atoms with Crippen LogP contribution in [0.1, 0.15) is 36.0 Å². The van der Waals surface area contributed by atoms with Gasteiger partial charge in [0.15, 0.2) is 5.96 Å². The third-order valence-corrected chi connectivity index (χ3v) is 4.53. The number of aryl methyl sites for hydroxylation is 2. The number of guanidine groups is 1. The van der Waals surface area contributed by atoms with Gasteiger partial charge in [-0.1, -0.05) is 23.8 Å². The van der Waals surface area contributed by atoms with Crippen LogP contribution in [0, 0.1) is 13.8 Å². The Morgan fingerprint density at radius 2 is 2.05 bits per heavy atom. The van der Waals surface area contributed by atoms with Crippen LogP contribution in [-0.2, 0) is 5.41 Å². The van der Waals surface area contributed by atoms with Gasteiger partial charge in [0.25, 0.3) is 0 Å². The van der Waals surface area contributed by atoms with Gasteiger partial charge in [-0.15, -0.1) is 0 Å². The van der Waals surface area contributed by atoms with Crippen LogP contribution in [0.3, 0.4) is 0 Å². The van der Waals surface area contributed by atoms with Crippen molar-refractivity contribution in [1.82, 2.24) is 4.90 Å². The Morgan fingerprint density at radius 1 is 1.32 bits per heavy atom. The Bertz CT molecular complexity index is 511. The lowest BCUT2D eigenvalue weighted by Gasteiger charge is -2.32. The smallest absolute Gasteiger partial charge is 0.191 e. The van der Waals surface area contributed by atoms with Crippen molar-refractivity contribution in [2.75, 3.05) is 19.6 Å². The summed E-state index contributed by atoms with van der Waals surface area (Å²) in [5.41, 5.74) is 10.5. The Hall–Kier alpha value is -1.51. The van der Waals surface area contributed by atoms with Crippen LogP contribution in [-0.4, -0.2) is 30.5 Å². The highest BCUT2D eigenvalue weighted by atomic mass is 15.3. The van der Waals surface area contributed by atoms with Gasteiger partial charge in [-0.05, 0) is 44.2 Å². The van der Waals surface area contributed by atoms with Gasteiger partial charge in [0.05, 0.1) is 6.54 Å². The molecule has 1 saturated carbocycles. The SMILES string of the molecule is Cc1ccc(C2(CN=C(N)N3CCC3)CC2)c(C)c1. The topological polar surface area (TPSA) is 41.6 Å². The van der Waals surface area contributed by atoms with Gasteiger partial charge < -0.3 is 10.6 Å². The monoisotopic (exact) mass is 257 g/mol. The maximum atomic E-state index is 6.03. The van der Waals surface area contributed by atoms with E-state index in [0.29, 0.717) is 0 Å². The first-order valence-corrected chi connectivity index (χ1v) is 7.23. The summed E-state index contributed by atoms with van der Waals surface area (Å²) in [7, 11) is 0. The van der Waals surface area contributed by atoms with Crippen molar-refractivity contribution in [1.29, 1.82) is 0 Å². The minimum absolute atomic E-state index is 0.271. The Kier molecular flexibility index (Phi) is 3.00. The standard InChI is InChI=1S/C16H23N3/c1-12-4-5-14(13(2)10-12)16(6-7-16)11-18-15(17)19-8-3-9-19/h4-5,10H,3,6-9,11H2,1-2H3,(H2,17,18). The maximum Gasteiger partial charge on any atom is 0.191 e. The number of hydrogen-bond donors (Lipinski definition) is 1. The van der Waals surface area contributed by atoms with Crippen LogP contribution in [0.5, 0.6) is 0 Å². The summed E-state index contributed by atoms with van der Waals surface area (Å²) in [6.07, 6.45) is 3.74. The van der Waals surface area contributed by atoms with E-state index >= 15 is 0 Å². The molecule has 2 N–H and O–H groups in total. The fourth-order valence-electron chi connectivity index (χ4n) is 2.95. The molecule has 3 heteroatoms. The van der Waals surface area contributed by atoms with Crippen molar-refractivity contribution in [2.24, 2.45) is 10.7 Å². The second-order valence-corrected chi connectivity index (χ2v) is 6.11. The molecule has 2 fully saturated rings. The number of likely N-dealkylation sites (tertiary alicyclic amines) is 1. The molecule has 0 spiro atoms. The van der Waals surface area contributed by atoms with E-state index in [9.17, 15) is 0 Å². The second-order valence-electron chi connectivity index (χ2n) is 6.11. The molecule has 1 heterocycles. The van der Waals surface area contributed by atoms with Gasteiger partial charge in [0.1, 0.15) is 0 Å². The molecule has 0 amide bonds. The van der Waals surface area contributed by atoms with E-state index in [4.69, 9.17) is 5.73 Å². The summed E-state index contributed by atoms with van der Waals surface area (Å²) < 4.78 is 0. The van der Waals surface area contributed by atoms with Crippen LogP contribution in [0.15, 0.2) is 23.2 Å². The van der Waals surface area contributed by atoms with E-state index in [2.05, 4.69) is 41.9 Å². The maximum absolute atomic E-state index is 6.03. The van der Waals surface area contributed by atoms with E-state index < -0.39 is 0 Å². The summed E-state index contributed by atoms with van der Waals surface area (Å²) in [6.45, 7) is 7.36. The summed E-state index contributed by atoms with van der Waals surface area (Å²) >= 11 is 0. The summed E-state index contributed by atoms with van der Waals surface area (Å²) in [4.78, 5) is 6.81. The zero-order valence-corrected chi connectivity index (χ0v) is 11.9. The Morgan fingerprint density at radius 3 is 2.58 bits per heavy atom. The van der Waals surface area contributed by atoms with Crippen molar-refractivity contribution in [3.05, 3.63) is 34.9 Å². The predicted molar refractivity (Wildman–Crippen MR) is 79.5 cm³/mol. The highest BCUT2D eigenvalue weighted by Crippen LogP contribution is 2.49. The molecule has 0 aromatic heterocycles. The van der Waals surface area contributed by atoms with Gasteiger partial charge in [0, 0.05) is 18.5 Å². The number of nitrogens with two attached hydrogens (primary N) is 1. The van der Waals surface area contributed by atoms with E-state index in [1.807, 2.05) is 0 Å². The Balaban J connectivity index is 1.76.